The topological polar surface area (TPSA) is 60.8 Å². The van der Waals surface area contributed by atoms with Crippen molar-refractivity contribution in [1.82, 2.24) is 4.90 Å². The number of carboxylic acids is 1. The number of carboxylic acid groups (broad SMARTS) is 1. The molecule has 0 aromatic heterocycles. The van der Waals surface area contributed by atoms with Crippen molar-refractivity contribution in [2.45, 2.75) is 12.5 Å². The minimum absolute atomic E-state index is 0.0711. The van der Waals surface area contributed by atoms with Crippen molar-refractivity contribution in [1.29, 1.82) is 0 Å². The van der Waals surface area contributed by atoms with Gasteiger partial charge in [-0.05, 0) is 38.7 Å². The summed E-state index contributed by atoms with van der Waals surface area (Å²) in [7, 11) is 3.39. The Balaban J connectivity index is 3.28. The van der Waals surface area contributed by atoms with Gasteiger partial charge in [0, 0.05) is 0 Å². The fourth-order valence-corrected chi connectivity index (χ4v) is 1.38. The number of hydrogen-bond acceptors (Lipinski definition) is 3. The maximum Gasteiger partial charge on any atom is 0.328 e. The molecule has 1 atom stereocenters. The average Bonchev–Trinajstić information content (AvgIpc) is 2.15. The van der Waals surface area contributed by atoms with Gasteiger partial charge in [0.2, 0.25) is 0 Å². The Morgan fingerprint density at radius 1 is 1.40 bits per heavy atom. The summed E-state index contributed by atoms with van der Waals surface area (Å²) < 4.78 is 0. The summed E-state index contributed by atoms with van der Waals surface area (Å²) in [4.78, 5) is 12.9. The lowest BCUT2D eigenvalue weighted by molar-refractivity contribution is -0.149. The Kier molecular flexibility index (Phi) is 3.00. The lowest BCUT2D eigenvalue weighted by atomic mass is 9.91. The predicted molar refractivity (Wildman–Crippen MR) is 56.8 cm³/mol. The highest BCUT2D eigenvalue weighted by atomic mass is 16.4. The summed E-state index contributed by atoms with van der Waals surface area (Å²) in [6.45, 7) is 1.60. The first-order valence-corrected chi connectivity index (χ1v) is 4.59. The van der Waals surface area contributed by atoms with Gasteiger partial charge in [-0.3, -0.25) is 4.90 Å². The largest absolute Gasteiger partial charge is 0.508 e. The highest BCUT2D eigenvalue weighted by Gasteiger charge is 2.37. The fourth-order valence-electron chi connectivity index (χ4n) is 1.38. The molecule has 1 rings (SSSR count). The molecule has 4 nitrogen and oxygen atoms in total. The molecule has 2 N–H and O–H groups in total. The monoisotopic (exact) mass is 209 g/mol. The standard InChI is InChI=1S/C11H15NO3/c1-11(10(14)15,12(2)3)8-5-4-6-9(13)7-8/h4-7,13H,1-3H3,(H,14,15). The Labute approximate surface area is 88.8 Å². The third-order valence-electron chi connectivity index (χ3n) is 2.72. The van der Waals surface area contributed by atoms with Crippen molar-refractivity contribution in [3.8, 4) is 5.75 Å². The molecular formula is C11H15NO3. The van der Waals surface area contributed by atoms with Crippen molar-refractivity contribution in [2.75, 3.05) is 14.1 Å². The van der Waals surface area contributed by atoms with E-state index in [9.17, 15) is 15.0 Å². The minimum Gasteiger partial charge on any atom is -0.508 e. The van der Waals surface area contributed by atoms with Crippen LogP contribution in [-0.4, -0.2) is 35.2 Å². The first-order chi connectivity index (χ1) is 6.89. The average molecular weight is 209 g/mol. The molecule has 1 unspecified atom stereocenters. The van der Waals surface area contributed by atoms with E-state index in [4.69, 9.17) is 0 Å². The third-order valence-corrected chi connectivity index (χ3v) is 2.72. The Hall–Kier alpha value is -1.55. The van der Waals surface area contributed by atoms with Crippen LogP contribution in [0, 0.1) is 0 Å². The van der Waals surface area contributed by atoms with E-state index in [0.29, 0.717) is 5.56 Å². The van der Waals surface area contributed by atoms with E-state index >= 15 is 0 Å². The molecular weight excluding hydrogens is 194 g/mol. The molecule has 82 valence electrons. The molecule has 1 aromatic carbocycles. The second-order valence-corrected chi connectivity index (χ2v) is 3.82. The molecule has 0 fully saturated rings. The summed E-state index contributed by atoms with van der Waals surface area (Å²) in [5.41, 5.74) is -0.571. The molecule has 0 bridgehead atoms. The van der Waals surface area contributed by atoms with Crippen molar-refractivity contribution in [2.24, 2.45) is 0 Å². The van der Waals surface area contributed by atoms with Crippen LogP contribution in [0.15, 0.2) is 24.3 Å². The van der Waals surface area contributed by atoms with Crippen LogP contribution in [0.5, 0.6) is 5.75 Å². The molecule has 0 heterocycles. The SMILES string of the molecule is CN(C)C(C)(C(=O)O)c1cccc(O)c1. The Morgan fingerprint density at radius 2 is 2.00 bits per heavy atom. The van der Waals surface area contributed by atoms with Crippen LogP contribution < -0.4 is 0 Å². The molecule has 1 aromatic rings. The summed E-state index contributed by atoms with van der Waals surface area (Å²) in [5.74, 6) is -0.875. The second kappa shape index (κ2) is 3.90. The molecule has 4 heteroatoms. The number of likely N-dealkylation sites (N-methyl/N-ethyl adjacent to an activating group) is 1. The quantitative estimate of drug-likeness (QED) is 0.786. The summed E-state index contributed by atoms with van der Waals surface area (Å²) in [5, 5.41) is 18.6. The number of rotatable bonds is 3. The van der Waals surface area contributed by atoms with Gasteiger partial charge in [-0.2, -0.15) is 0 Å². The number of nitrogens with zero attached hydrogens (tertiary/aromatic N) is 1. The van der Waals surface area contributed by atoms with Gasteiger partial charge in [0.15, 0.2) is 0 Å². The molecule has 0 amide bonds. The number of aromatic hydroxyl groups is 1. The Bertz CT molecular complexity index is 376. The van der Waals surface area contributed by atoms with Gasteiger partial charge in [0.1, 0.15) is 11.3 Å². The lowest BCUT2D eigenvalue weighted by Gasteiger charge is -2.32. The molecule has 15 heavy (non-hydrogen) atoms. The van der Waals surface area contributed by atoms with E-state index in [1.165, 1.54) is 12.1 Å². The van der Waals surface area contributed by atoms with Crippen molar-refractivity contribution < 1.29 is 15.0 Å². The molecule has 0 saturated carbocycles. The number of phenols is 1. The van der Waals surface area contributed by atoms with Gasteiger partial charge < -0.3 is 10.2 Å². The Morgan fingerprint density at radius 3 is 2.40 bits per heavy atom. The van der Waals surface area contributed by atoms with Crippen LogP contribution >= 0.6 is 0 Å². The first kappa shape index (κ1) is 11.5. The van der Waals surface area contributed by atoms with Crippen molar-refractivity contribution in [3.05, 3.63) is 29.8 Å². The number of benzene rings is 1. The zero-order chi connectivity index (χ0) is 11.6. The number of carbonyl (C=O) groups is 1. The number of phenolic OH excluding ortho intramolecular Hbond substituents is 1. The highest BCUT2D eigenvalue weighted by molar-refractivity contribution is 5.80. The highest BCUT2D eigenvalue weighted by Crippen LogP contribution is 2.28. The molecule has 0 spiro atoms. The minimum atomic E-state index is -1.13. The van der Waals surface area contributed by atoms with Gasteiger partial charge in [-0.25, -0.2) is 4.79 Å². The van der Waals surface area contributed by atoms with Crippen LogP contribution in [0.4, 0.5) is 0 Å². The predicted octanol–water partition coefficient (Wildman–Crippen LogP) is 1.25. The number of aliphatic carboxylic acids is 1. The van der Waals surface area contributed by atoms with Crippen LogP contribution in [0.2, 0.25) is 0 Å². The van der Waals surface area contributed by atoms with Crippen LogP contribution in [0.1, 0.15) is 12.5 Å². The van der Waals surface area contributed by atoms with Gasteiger partial charge in [0.05, 0.1) is 0 Å². The van der Waals surface area contributed by atoms with Crippen LogP contribution in [0.25, 0.3) is 0 Å². The molecule has 0 aliphatic carbocycles. The van der Waals surface area contributed by atoms with E-state index < -0.39 is 11.5 Å². The van der Waals surface area contributed by atoms with E-state index in [1.807, 2.05) is 0 Å². The van der Waals surface area contributed by atoms with Crippen molar-refractivity contribution >= 4 is 5.97 Å². The maximum atomic E-state index is 11.3. The van der Waals surface area contributed by atoms with E-state index in [1.54, 1.807) is 38.1 Å². The van der Waals surface area contributed by atoms with E-state index in [2.05, 4.69) is 0 Å². The molecule has 0 radical (unpaired) electrons. The normalized spacial score (nSPS) is 14.9. The van der Waals surface area contributed by atoms with Gasteiger partial charge in [0.25, 0.3) is 0 Å². The zero-order valence-electron chi connectivity index (χ0n) is 9.06. The second-order valence-electron chi connectivity index (χ2n) is 3.82. The zero-order valence-corrected chi connectivity index (χ0v) is 9.06. The summed E-state index contributed by atoms with van der Waals surface area (Å²) in [6, 6.07) is 6.30. The molecule has 0 aliphatic heterocycles. The number of hydrogen-bond donors (Lipinski definition) is 2. The lowest BCUT2D eigenvalue weighted by Crippen LogP contribution is -2.45. The molecule has 0 aliphatic rings. The third kappa shape index (κ3) is 1.94. The smallest absolute Gasteiger partial charge is 0.328 e. The van der Waals surface area contributed by atoms with Crippen molar-refractivity contribution in [3.63, 3.8) is 0 Å². The first-order valence-electron chi connectivity index (χ1n) is 4.59. The molecule has 0 saturated heterocycles. The summed E-state index contributed by atoms with van der Waals surface area (Å²) in [6.07, 6.45) is 0. The van der Waals surface area contributed by atoms with E-state index in [0.717, 1.165) is 0 Å². The van der Waals surface area contributed by atoms with E-state index in [-0.39, 0.29) is 5.75 Å². The van der Waals surface area contributed by atoms with Crippen LogP contribution in [0.3, 0.4) is 0 Å². The van der Waals surface area contributed by atoms with Gasteiger partial charge in [-0.15, -0.1) is 0 Å². The van der Waals surface area contributed by atoms with Crippen LogP contribution in [-0.2, 0) is 10.3 Å². The summed E-state index contributed by atoms with van der Waals surface area (Å²) >= 11 is 0. The van der Waals surface area contributed by atoms with Gasteiger partial charge in [-0.1, -0.05) is 12.1 Å². The maximum absolute atomic E-state index is 11.3. The van der Waals surface area contributed by atoms with Gasteiger partial charge >= 0.3 is 5.97 Å². The fraction of sp³-hybridized carbons (Fsp3) is 0.364.